The molecule has 0 spiro atoms. The first kappa shape index (κ1) is 20.3. The molecule has 1 N–H and O–H groups in total. The Hall–Kier alpha value is -3.03. The van der Waals surface area contributed by atoms with Crippen molar-refractivity contribution in [3.8, 4) is 11.1 Å². The summed E-state index contributed by atoms with van der Waals surface area (Å²) in [6.07, 6.45) is -5.94. The van der Waals surface area contributed by atoms with Crippen LogP contribution in [-0.2, 0) is 9.53 Å². The van der Waals surface area contributed by atoms with Crippen molar-refractivity contribution in [2.45, 2.75) is 31.0 Å². The summed E-state index contributed by atoms with van der Waals surface area (Å²) in [6, 6.07) is 12.9. The van der Waals surface area contributed by atoms with Crippen molar-refractivity contribution in [1.82, 2.24) is 4.90 Å². The van der Waals surface area contributed by atoms with Crippen LogP contribution in [0.5, 0.6) is 0 Å². The van der Waals surface area contributed by atoms with Gasteiger partial charge in [-0.1, -0.05) is 48.5 Å². The number of likely N-dealkylation sites (tertiary alicyclic amines) is 1. The highest BCUT2D eigenvalue weighted by Crippen LogP contribution is 2.44. The summed E-state index contributed by atoms with van der Waals surface area (Å²) in [4.78, 5) is 24.5. The second kappa shape index (κ2) is 7.66. The van der Waals surface area contributed by atoms with Crippen LogP contribution in [0.4, 0.5) is 18.0 Å². The molecule has 8 heteroatoms. The van der Waals surface area contributed by atoms with E-state index in [-0.39, 0.29) is 31.9 Å². The SMILES string of the molecule is O=C(O)[C@@H]1CCCN(C(=O)OCC2c3ccccc3-c3ccccc32)[C@@H]1C(F)(F)F. The van der Waals surface area contributed by atoms with Crippen LogP contribution in [0.15, 0.2) is 48.5 Å². The van der Waals surface area contributed by atoms with E-state index in [2.05, 4.69) is 0 Å². The number of fused-ring (bicyclic) bond motifs is 3. The second-order valence-corrected chi connectivity index (χ2v) is 7.57. The number of carboxylic acids is 1. The predicted molar refractivity (Wildman–Crippen MR) is 102 cm³/mol. The fourth-order valence-corrected chi connectivity index (χ4v) is 4.54. The van der Waals surface area contributed by atoms with Gasteiger partial charge in [-0.25, -0.2) is 4.79 Å². The summed E-state index contributed by atoms with van der Waals surface area (Å²) in [7, 11) is 0. The molecule has 1 fully saturated rings. The van der Waals surface area contributed by atoms with E-state index in [4.69, 9.17) is 4.74 Å². The number of aliphatic carboxylic acids is 1. The number of carboxylic acid groups (broad SMARTS) is 1. The number of halogens is 3. The summed E-state index contributed by atoms with van der Waals surface area (Å²) >= 11 is 0. The monoisotopic (exact) mass is 419 g/mol. The van der Waals surface area contributed by atoms with E-state index in [9.17, 15) is 27.9 Å². The number of rotatable bonds is 3. The molecule has 30 heavy (non-hydrogen) atoms. The fourth-order valence-electron chi connectivity index (χ4n) is 4.54. The Labute approximate surface area is 171 Å². The van der Waals surface area contributed by atoms with Crippen molar-refractivity contribution in [2.75, 3.05) is 13.2 Å². The predicted octanol–water partition coefficient (Wildman–Crippen LogP) is 4.66. The van der Waals surface area contributed by atoms with Crippen LogP contribution in [-0.4, -0.2) is 47.4 Å². The molecule has 1 aliphatic heterocycles. The number of carbonyl (C=O) groups is 2. The summed E-state index contributed by atoms with van der Waals surface area (Å²) in [6.45, 7) is -0.309. The third kappa shape index (κ3) is 3.51. The molecule has 1 saturated heterocycles. The molecule has 158 valence electrons. The Morgan fingerprint density at radius 1 is 1.03 bits per heavy atom. The lowest BCUT2D eigenvalue weighted by Crippen LogP contribution is -2.57. The lowest BCUT2D eigenvalue weighted by molar-refractivity contribution is -0.205. The molecule has 0 saturated carbocycles. The van der Waals surface area contributed by atoms with Gasteiger partial charge < -0.3 is 9.84 Å². The normalized spacial score (nSPS) is 21.1. The van der Waals surface area contributed by atoms with Gasteiger partial charge in [-0.3, -0.25) is 9.69 Å². The van der Waals surface area contributed by atoms with E-state index in [0.29, 0.717) is 4.90 Å². The number of nitrogens with zero attached hydrogens (tertiary/aromatic N) is 1. The standard InChI is InChI=1S/C22H20F3NO4/c23-22(24,25)19-17(20(27)28)10-5-11-26(19)21(29)30-12-18-15-8-3-1-6-13(15)14-7-2-4-9-16(14)18/h1-4,6-9,17-19H,5,10-12H2,(H,27,28)/t17-,19+/m1/s1. The van der Waals surface area contributed by atoms with Gasteiger partial charge >= 0.3 is 18.2 Å². The van der Waals surface area contributed by atoms with Crippen LogP contribution >= 0.6 is 0 Å². The van der Waals surface area contributed by atoms with Gasteiger partial charge in [0.1, 0.15) is 12.6 Å². The van der Waals surface area contributed by atoms with E-state index >= 15 is 0 Å². The molecular weight excluding hydrogens is 399 g/mol. The molecule has 1 heterocycles. The lowest BCUT2D eigenvalue weighted by Gasteiger charge is -2.39. The number of ether oxygens (including phenoxy) is 1. The highest BCUT2D eigenvalue weighted by atomic mass is 19.4. The van der Waals surface area contributed by atoms with Gasteiger partial charge in [-0.05, 0) is 35.1 Å². The minimum Gasteiger partial charge on any atom is -0.481 e. The second-order valence-electron chi connectivity index (χ2n) is 7.57. The zero-order valence-corrected chi connectivity index (χ0v) is 15.9. The van der Waals surface area contributed by atoms with Crippen LogP contribution in [0.1, 0.15) is 29.9 Å². The first-order chi connectivity index (χ1) is 14.3. The molecule has 2 aliphatic rings. The largest absolute Gasteiger partial charge is 0.481 e. The maximum atomic E-state index is 13.6. The van der Waals surface area contributed by atoms with Crippen LogP contribution in [0.25, 0.3) is 11.1 Å². The molecule has 0 aromatic heterocycles. The molecule has 0 radical (unpaired) electrons. The van der Waals surface area contributed by atoms with Crippen molar-refractivity contribution >= 4 is 12.1 Å². The maximum Gasteiger partial charge on any atom is 0.410 e. The Bertz CT molecular complexity index is 929. The van der Waals surface area contributed by atoms with Crippen LogP contribution in [0.3, 0.4) is 0 Å². The summed E-state index contributed by atoms with van der Waals surface area (Å²) in [5, 5.41) is 9.21. The molecule has 1 aliphatic carbocycles. The molecule has 0 unspecified atom stereocenters. The maximum absolute atomic E-state index is 13.6. The van der Waals surface area contributed by atoms with E-state index in [1.54, 1.807) is 0 Å². The molecular formula is C22H20F3NO4. The minimum atomic E-state index is -4.85. The Morgan fingerprint density at radius 3 is 2.13 bits per heavy atom. The van der Waals surface area contributed by atoms with Gasteiger partial charge in [-0.2, -0.15) is 13.2 Å². The number of carbonyl (C=O) groups excluding carboxylic acids is 1. The van der Waals surface area contributed by atoms with Crippen LogP contribution in [0.2, 0.25) is 0 Å². The minimum absolute atomic E-state index is 0.119. The van der Waals surface area contributed by atoms with E-state index in [0.717, 1.165) is 22.3 Å². The van der Waals surface area contributed by atoms with Crippen molar-refractivity contribution in [1.29, 1.82) is 0 Å². The highest BCUT2D eigenvalue weighted by molar-refractivity contribution is 5.79. The number of alkyl halides is 3. The first-order valence-electron chi connectivity index (χ1n) is 9.70. The third-order valence-corrected chi connectivity index (χ3v) is 5.85. The molecule has 0 bridgehead atoms. The summed E-state index contributed by atoms with van der Waals surface area (Å²) in [5.41, 5.74) is 3.90. The van der Waals surface area contributed by atoms with Gasteiger partial charge in [0, 0.05) is 12.5 Å². The number of piperidine rings is 1. The van der Waals surface area contributed by atoms with Gasteiger partial charge in [-0.15, -0.1) is 0 Å². The number of amides is 1. The van der Waals surface area contributed by atoms with Crippen LogP contribution < -0.4 is 0 Å². The van der Waals surface area contributed by atoms with Crippen molar-refractivity contribution < 1.29 is 32.6 Å². The molecule has 2 atom stereocenters. The Kier molecular flexibility index (Phi) is 5.17. The topological polar surface area (TPSA) is 66.8 Å². The van der Waals surface area contributed by atoms with Crippen molar-refractivity contribution in [2.24, 2.45) is 5.92 Å². The number of benzene rings is 2. The van der Waals surface area contributed by atoms with E-state index in [1.807, 2.05) is 48.5 Å². The van der Waals surface area contributed by atoms with Crippen molar-refractivity contribution in [3.63, 3.8) is 0 Å². The highest BCUT2D eigenvalue weighted by Gasteiger charge is 2.54. The molecule has 2 aromatic carbocycles. The Morgan fingerprint density at radius 2 is 1.60 bits per heavy atom. The first-order valence-corrected chi connectivity index (χ1v) is 9.70. The quantitative estimate of drug-likeness (QED) is 0.786. The van der Waals surface area contributed by atoms with Gasteiger partial charge in [0.15, 0.2) is 0 Å². The average molecular weight is 419 g/mol. The van der Waals surface area contributed by atoms with Gasteiger partial charge in [0.25, 0.3) is 0 Å². The molecule has 5 nitrogen and oxygen atoms in total. The number of hydrogen-bond donors (Lipinski definition) is 1. The number of hydrogen-bond acceptors (Lipinski definition) is 3. The fraction of sp³-hybridized carbons (Fsp3) is 0.364. The van der Waals surface area contributed by atoms with Gasteiger partial charge in [0.05, 0.1) is 5.92 Å². The smallest absolute Gasteiger partial charge is 0.410 e. The van der Waals surface area contributed by atoms with Crippen molar-refractivity contribution in [3.05, 3.63) is 59.7 Å². The molecule has 1 amide bonds. The zero-order chi connectivity index (χ0) is 21.5. The Balaban J connectivity index is 1.55. The zero-order valence-electron chi connectivity index (χ0n) is 15.9. The van der Waals surface area contributed by atoms with E-state index in [1.165, 1.54) is 0 Å². The van der Waals surface area contributed by atoms with E-state index < -0.39 is 30.2 Å². The third-order valence-electron chi connectivity index (χ3n) is 5.85. The molecule has 2 aromatic rings. The lowest BCUT2D eigenvalue weighted by atomic mass is 9.89. The average Bonchev–Trinajstić information content (AvgIpc) is 3.04. The summed E-state index contributed by atoms with van der Waals surface area (Å²) in [5.74, 6) is -3.54. The summed E-state index contributed by atoms with van der Waals surface area (Å²) < 4.78 is 46.1. The molecule has 4 rings (SSSR count). The van der Waals surface area contributed by atoms with Gasteiger partial charge in [0.2, 0.25) is 0 Å². The van der Waals surface area contributed by atoms with Crippen LogP contribution in [0, 0.1) is 5.92 Å².